The van der Waals surface area contributed by atoms with E-state index in [1.165, 1.54) is 0 Å². The predicted octanol–water partition coefficient (Wildman–Crippen LogP) is 0.978. The molecule has 0 bridgehead atoms. The molecule has 4 nitrogen and oxygen atoms in total. The molecule has 0 aliphatic carbocycles. The lowest BCUT2D eigenvalue weighted by molar-refractivity contribution is -0.122. The summed E-state index contributed by atoms with van der Waals surface area (Å²) in [5.74, 6) is 0.0489. The first-order chi connectivity index (χ1) is 8.77. The minimum absolute atomic E-state index is 0.0489. The van der Waals surface area contributed by atoms with E-state index in [9.17, 15) is 9.90 Å². The molecule has 3 N–H and O–H groups in total. The molecule has 0 spiro atoms. The molecule has 1 saturated heterocycles. The van der Waals surface area contributed by atoms with Crippen LogP contribution in [-0.2, 0) is 4.79 Å². The van der Waals surface area contributed by atoms with Crippen molar-refractivity contribution in [2.75, 3.05) is 13.1 Å². The molecule has 1 heterocycles. The number of aliphatic hydroxyl groups is 1. The maximum Gasteiger partial charge on any atom is 0.237 e. The molecule has 98 valence electrons. The standard InChI is InChI=1S/C14H20N2O2/c17-13(11-6-2-1-3-7-11)10-16-12-8-4-5-9-15-14(12)18/h1-3,6-7,12-13,16-17H,4-5,8-10H2,(H,15,18)/t12-,13-/m1/s1. The Morgan fingerprint density at radius 2 is 2.11 bits per heavy atom. The Kier molecular flexibility index (Phi) is 4.73. The number of nitrogens with one attached hydrogen (secondary N) is 2. The van der Waals surface area contributed by atoms with Crippen LogP contribution in [-0.4, -0.2) is 30.1 Å². The van der Waals surface area contributed by atoms with Gasteiger partial charge in [-0.3, -0.25) is 4.79 Å². The minimum atomic E-state index is -0.567. The number of benzene rings is 1. The molecule has 18 heavy (non-hydrogen) atoms. The van der Waals surface area contributed by atoms with Gasteiger partial charge in [0.05, 0.1) is 12.1 Å². The lowest BCUT2D eigenvalue weighted by Crippen LogP contribution is -2.44. The number of rotatable bonds is 4. The van der Waals surface area contributed by atoms with Crippen LogP contribution in [0.4, 0.5) is 0 Å². The highest BCUT2D eigenvalue weighted by Gasteiger charge is 2.20. The summed E-state index contributed by atoms with van der Waals surface area (Å²) in [6, 6.07) is 9.32. The summed E-state index contributed by atoms with van der Waals surface area (Å²) in [6.07, 6.45) is 2.35. The van der Waals surface area contributed by atoms with E-state index in [1.54, 1.807) is 0 Å². The summed E-state index contributed by atoms with van der Waals surface area (Å²) >= 11 is 0. The first-order valence-corrected chi connectivity index (χ1v) is 6.51. The van der Waals surface area contributed by atoms with Gasteiger partial charge in [-0.05, 0) is 24.8 Å². The molecule has 1 aliphatic heterocycles. The number of aliphatic hydroxyl groups excluding tert-OH is 1. The third-order valence-corrected chi connectivity index (χ3v) is 3.28. The summed E-state index contributed by atoms with van der Waals surface area (Å²) in [4.78, 5) is 11.7. The fraction of sp³-hybridized carbons (Fsp3) is 0.500. The van der Waals surface area contributed by atoms with E-state index in [0.29, 0.717) is 6.54 Å². The van der Waals surface area contributed by atoms with E-state index in [4.69, 9.17) is 0 Å². The van der Waals surface area contributed by atoms with Gasteiger partial charge >= 0.3 is 0 Å². The van der Waals surface area contributed by atoms with E-state index in [-0.39, 0.29) is 11.9 Å². The lowest BCUT2D eigenvalue weighted by atomic mass is 10.1. The SMILES string of the molecule is O=C1NCCCC[C@H]1NC[C@@H](O)c1ccccc1. The van der Waals surface area contributed by atoms with E-state index >= 15 is 0 Å². The molecule has 1 aromatic rings. The molecule has 4 heteroatoms. The smallest absolute Gasteiger partial charge is 0.237 e. The second kappa shape index (κ2) is 6.52. The third-order valence-electron chi connectivity index (χ3n) is 3.28. The van der Waals surface area contributed by atoms with Crippen LogP contribution in [0.25, 0.3) is 0 Å². The van der Waals surface area contributed by atoms with Crippen LogP contribution in [0.15, 0.2) is 30.3 Å². The van der Waals surface area contributed by atoms with Gasteiger partial charge in [0.25, 0.3) is 0 Å². The van der Waals surface area contributed by atoms with Gasteiger partial charge in [0, 0.05) is 13.1 Å². The Morgan fingerprint density at radius 1 is 1.33 bits per heavy atom. The van der Waals surface area contributed by atoms with Crippen LogP contribution in [0.2, 0.25) is 0 Å². The Labute approximate surface area is 107 Å². The van der Waals surface area contributed by atoms with Crippen molar-refractivity contribution in [2.24, 2.45) is 0 Å². The first kappa shape index (κ1) is 13.1. The largest absolute Gasteiger partial charge is 0.387 e. The number of carbonyl (C=O) groups excluding carboxylic acids is 1. The normalized spacial score (nSPS) is 22.1. The Morgan fingerprint density at radius 3 is 2.89 bits per heavy atom. The zero-order valence-electron chi connectivity index (χ0n) is 10.4. The van der Waals surface area contributed by atoms with Crippen molar-refractivity contribution < 1.29 is 9.90 Å². The second-order valence-electron chi connectivity index (χ2n) is 4.67. The van der Waals surface area contributed by atoms with Crippen LogP contribution in [0, 0.1) is 0 Å². The highest BCUT2D eigenvalue weighted by atomic mass is 16.3. The number of hydrogen-bond donors (Lipinski definition) is 3. The Bertz CT molecular complexity index is 381. The van der Waals surface area contributed by atoms with Gasteiger partial charge in [-0.15, -0.1) is 0 Å². The summed E-state index contributed by atoms with van der Waals surface area (Å²) in [6.45, 7) is 1.17. The quantitative estimate of drug-likeness (QED) is 0.744. The monoisotopic (exact) mass is 248 g/mol. The van der Waals surface area contributed by atoms with Crippen LogP contribution < -0.4 is 10.6 Å². The highest BCUT2D eigenvalue weighted by molar-refractivity contribution is 5.81. The van der Waals surface area contributed by atoms with E-state index in [0.717, 1.165) is 31.4 Å². The molecule has 1 fully saturated rings. The molecule has 0 saturated carbocycles. The molecular formula is C14H20N2O2. The summed E-state index contributed by atoms with van der Waals surface area (Å²) in [5.41, 5.74) is 0.874. The fourth-order valence-corrected chi connectivity index (χ4v) is 2.18. The van der Waals surface area contributed by atoms with Gasteiger partial charge < -0.3 is 15.7 Å². The number of hydrogen-bond acceptors (Lipinski definition) is 3. The molecule has 0 unspecified atom stereocenters. The first-order valence-electron chi connectivity index (χ1n) is 6.51. The van der Waals surface area contributed by atoms with E-state index in [1.807, 2.05) is 30.3 Å². The van der Waals surface area contributed by atoms with E-state index in [2.05, 4.69) is 10.6 Å². The van der Waals surface area contributed by atoms with Crippen LogP contribution in [0.5, 0.6) is 0 Å². The van der Waals surface area contributed by atoms with Gasteiger partial charge in [0.15, 0.2) is 0 Å². The van der Waals surface area contributed by atoms with Crippen LogP contribution in [0.1, 0.15) is 30.9 Å². The van der Waals surface area contributed by atoms with Crippen molar-refractivity contribution in [2.45, 2.75) is 31.4 Å². The molecule has 1 aliphatic rings. The van der Waals surface area contributed by atoms with Crippen LogP contribution >= 0.6 is 0 Å². The van der Waals surface area contributed by atoms with Gasteiger partial charge in [0.2, 0.25) is 5.91 Å². The van der Waals surface area contributed by atoms with Crippen molar-refractivity contribution in [3.8, 4) is 0 Å². The zero-order valence-corrected chi connectivity index (χ0v) is 10.4. The molecule has 0 aromatic heterocycles. The van der Waals surface area contributed by atoms with E-state index < -0.39 is 6.10 Å². The van der Waals surface area contributed by atoms with Gasteiger partial charge in [-0.2, -0.15) is 0 Å². The number of amides is 1. The summed E-state index contributed by atoms with van der Waals surface area (Å²) in [5, 5.41) is 16.0. The third kappa shape index (κ3) is 3.55. The molecular weight excluding hydrogens is 228 g/mol. The summed E-state index contributed by atoms with van der Waals surface area (Å²) in [7, 11) is 0. The molecule has 2 atom stereocenters. The second-order valence-corrected chi connectivity index (χ2v) is 4.67. The maximum absolute atomic E-state index is 11.7. The van der Waals surface area contributed by atoms with Gasteiger partial charge in [-0.25, -0.2) is 0 Å². The maximum atomic E-state index is 11.7. The van der Waals surface area contributed by atoms with Gasteiger partial charge in [0.1, 0.15) is 0 Å². The van der Waals surface area contributed by atoms with Crippen molar-refractivity contribution >= 4 is 5.91 Å². The number of carbonyl (C=O) groups is 1. The highest BCUT2D eigenvalue weighted by Crippen LogP contribution is 2.12. The molecule has 2 rings (SSSR count). The summed E-state index contributed by atoms with van der Waals surface area (Å²) < 4.78 is 0. The van der Waals surface area contributed by atoms with Crippen molar-refractivity contribution in [3.05, 3.63) is 35.9 Å². The van der Waals surface area contributed by atoms with Crippen LogP contribution in [0.3, 0.4) is 0 Å². The zero-order chi connectivity index (χ0) is 12.8. The predicted molar refractivity (Wildman–Crippen MR) is 70.1 cm³/mol. The topological polar surface area (TPSA) is 61.4 Å². The average molecular weight is 248 g/mol. The van der Waals surface area contributed by atoms with Crippen molar-refractivity contribution in [1.29, 1.82) is 0 Å². The fourth-order valence-electron chi connectivity index (χ4n) is 2.18. The minimum Gasteiger partial charge on any atom is -0.387 e. The van der Waals surface area contributed by atoms with Crippen molar-refractivity contribution in [3.63, 3.8) is 0 Å². The molecule has 1 aromatic carbocycles. The average Bonchev–Trinajstić information content (AvgIpc) is 2.62. The molecule has 0 radical (unpaired) electrons. The Balaban J connectivity index is 1.85. The Hall–Kier alpha value is -1.39. The molecule has 1 amide bonds. The van der Waals surface area contributed by atoms with Gasteiger partial charge in [-0.1, -0.05) is 30.3 Å². The lowest BCUT2D eigenvalue weighted by Gasteiger charge is -2.18. The van der Waals surface area contributed by atoms with Crippen molar-refractivity contribution in [1.82, 2.24) is 10.6 Å².